The summed E-state index contributed by atoms with van der Waals surface area (Å²) in [6, 6.07) is 4.98. The standard InChI is InChI=1S/C16H26N2/c1-16(2,3)11-13-9-10-15(17-12-13)18-14-7-5-4-6-8-14/h9-10,12,14H,4-8,11H2,1-3H3,(H,17,18). The van der Waals surface area contributed by atoms with E-state index >= 15 is 0 Å². The maximum Gasteiger partial charge on any atom is 0.126 e. The summed E-state index contributed by atoms with van der Waals surface area (Å²) < 4.78 is 0. The Kier molecular flexibility index (Phi) is 4.26. The van der Waals surface area contributed by atoms with Crippen molar-refractivity contribution >= 4 is 5.82 Å². The van der Waals surface area contributed by atoms with Gasteiger partial charge in [-0.05, 0) is 36.3 Å². The van der Waals surface area contributed by atoms with E-state index in [-0.39, 0.29) is 0 Å². The van der Waals surface area contributed by atoms with E-state index in [0.29, 0.717) is 11.5 Å². The van der Waals surface area contributed by atoms with Crippen molar-refractivity contribution in [1.29, 1.82) is 0 Å². The molecule has 1 aliphatic rings. The van der Waals surface area contributed by atoms with Crippen molar-refractivity contribution in [3.05, 3.63) is 23.9 Å². The van der Waals surface area contributed by atoms with E-state index in [4.69, 9.17) is 0 Å². The molecule has 1 N–H and O–H groups in total. The first-order valence-electron chi connectivity index (χ1n) is 7.24. The van der Waals surface area contributed by atoms with Crippen molar-refractivity contribution in [2.45, 2.75) is 65.3 Å². The molecule has 1 aliphatic carbocycles. The van der Waals surface area contributed by atoms with Gasteiger partial charge in [-0.15, -0.1) is 0 Å². The van der Waals surface area contributed by atoms with Gasteiger partial charge in [-0.25, -0.2) is 4.98 Å². The molecule has 1 aromatic rings. The molecule has 0 bridgehead atoms. The Balaban J connectivity index is 1.90. The molecule has 0 spiro atoms. The minimum atomic E-state index is 0.333. The Labute approximate surface area is 111 Å². The van der Waals surface area contributed by atoms with Crippen LogP contribution in [0.25, 0.3) is 0 Å². The van der Waals surface area contributed by atoms with Crippen molar-refractivity contribution < 1.29 is 0 Å². The van der Waals surface area contributed by atoms with Crippen LogP contribution in [-0.4, -0.2) is 11.0 Å². The highest BCUT2D eigenvalue weighted by molar-refractivity contribution is 5.36. The fourth-order valence-corrected chi connectivity index (χ4v) is 2.68. The van der Waals surface area contributed by atoms with Crippen LogP contribution in [0.2, 0.25) is 0 Å². The normalized spacial score (nSPS) is 17.7. The van der Waals surface area contributed by atoms with E-state index in [9.17, 15) is 0 Å². The SMILES string of the molecule is CC(C)(C)Cc1ccc(NC2CCCCC2)nc1. The summed E-state index contributed by atoms with van der Waals surface area (Å²) in [6.07, 6.45) is 9.83. The van der Waals surface area contributed by atoms with E-state index in [2.05, 4.69) is 43.2 Å². The predicted octanol–water partition coefficient (Wildman–Crippen LogP) is 4.41. The lowest BCUT2D eigenvalue weighted by Gasteiger charge is -2.23. The fraction of sp³-hybridized carbons (Fsp3) is 0.688. The van der Waals surface area contributed by atoms with E-state index in [1.165, 1.54) is 37.7 Å². The third kappa shape index (κ3) is 4.32. The third-order valence-electron chi connectivity index (χ3n) is 3.52. The van der Waals surface area contributed by atoms with Crippen molar-refractivity contribution in [2.75, 3.05) is 5.32 Å². The van der Waals surface area contributed by atoms with E-state index in [1.807, 2.05) is 6.20 Å². The van der Waals surface area contributed by atoms with Crippen LogP contribution in [0.1, 0.15) is 58.4 Å². The van der Waals surface area contributed by atoms with Crippen molar-refractivity contribution in [3.63, 3.8) is 0 Å². The topological polar surface area (TPSA) is 24.9 Å². The lowest BCUT2D eigenvalue weighted by molar-refractivity contribution is 0.410. The van der Waals surface area contributed by atoms with Crippen LogP contribution in [0.5, 0.6) is 0 Å². The number of nitrogens with zero attached hydrogens (tertiary/aromatic N) is 1. The largest absolute Gasteiger partial charge is 0.367 e. The Morgan fingerprint density at radius 3 is 2.44 bits per heavy atom. The highest BCUT2D eigenvalue weighted by atomic mass is 15.0. The number of hydrogen-bond donors (Lipinski definition) is 1. The zero-order chi connectivity index (χ0) is 13.0. The number of pyridine rings is 1. The van der Waals surface area contributed by atoms with E-state index in [1.54, 1.807) is 0 Å². The molecule has 18 heavy (non-hydrogen) atoms. The number of anilines is 1. The molecule has 0 amide bonds. The molecular weight excluding hydrogens is 220 g/mol. The van der Waals surface area contributed by atoms with Crippen LogP contribution in [0.4, 0.5) is 5.82 Å². The Bertz CT molecular complexity index is 356. The molecule has 1 heterocycles. The Hall–Kier alpha value is -1.05. The average molecular weight is 246 g/mol. The van der Waals surface area contributed by atoms with Gasteiger partial charge in [0.15, 0.2) is 0 Å². The number of aromatic nitrogens is 1. The number of nitrogens with one attached hydrogen (secondary N) is 1. The molecule has 0 aromatic carbocycles. The van der Waals surface area contributed by atoms with Gasteiger partial charge in [-0.1, -0.05) is 46.1 Å². The van der Waals surface area contributed by atoms with Crippen molar-refractivity contribution in [1.82, 2.24) is 4.98 Å². The van der Waals surface area contributed by atoms with Crippen LogP contribution in [0, 0.1) is 5.41 Å². The first-order valence-corrected chi connectivity index (χ1v) is 7.24. The minimum Gasteiger partial charge on any atom is -0.367 e. The first-order chi connectivity index (χ1) is 8.53. The van der Waals surface area contributed by atoms with Crippen LogP contribution in [0.3, 0.4) is 0 Å². The first kappa shape index (κ1) is 13.4. The molecule has 2 nitrogen and oxygen atoms in total. The highest BCUT2D eigenvalue weighted by Gasteiger charge is 2.14. The molecule has 1 fully saturated rings. The molecule has 0 saturated heterocycles. The number of rotatable bonds is 3. The molecule has 100 valence electrons. The average Bonchev–Trinajstić information content (AvgIpc) is 2.31. The molecule has 2 heteroatoms. The van der Waals surface area contributed by atoms with Crippen LogP contribution >= 0.6 is 0 Å². The monoisotopic (exact) mass is 246 g/mol. The van der Waals surface area contributed by atoms with Gasteiger partial charge in [0.1, 0.15) is 5.82 Å². The van der Waals surface area contributed by atoms with Crippen LogP contribution in [-0.2, 0) is 6.42 Å². The second-order valence-electron chi connectivity index (χ2n) is 6.77. The molecule has 1 aromatic heterocycles. The van der Waals surface area contributed by atoms with Gasteiger partial charge in [0.05, 0.1) is 0 Å². The summed E-state index contributed by atoms with van der Waals surface area (Å²) in [7, 11) is 0. The maximum absolute atomic E-state index is 4.55. The third-order valence-corrected chi connectivity index (χ3v) is 3.52. The van der Waals surface area contributed by atoms with Gasteiger partial charge in [-0.2, -0.15) is 0 Å². The van der Waals surface area contributed by atoms with Crippen molar-refractivity contribution in [3.8, 4) is 0 Å². The van der Waals surface area contributed by atoms with Gasteiger partial charge in [-0.3, -0.25) is 0 Å². The Morgan fingerprint density at radius 1 is 1.17 bits per heavy atom. The summed E-state index contributed by atoms with van der Waals surface area (Å²) in [4.78, 5) is 4.55. The Morgan fingerprint density at radius 2 is 1.89 bits per heavy atom. The summed E-state index contributed by atoms with van der Waals surface area (Å²) in [5.41, 5.74) is 1.66. The predicted molar refractivity (Wildman–Crippen MR) is 77.9 cm³/mol. The van der Waals surface area contributed by atoms with Crippen LogP contribution < -0.4 is 5.32 Å². The highest BCUT2D eigenvalue weighted by Crippen LogP contribution is 2.23. The lowest BCUT2D eigenvalue weighted by Crippen LogP contribution is -2.22. The van der Waals surface area contributed by atoms with Gasteiger partial charge >= 0.3 is 0 Å². The molecule has 1 saturated carbocycles. The molecule has 0 atom stereocenters. The smallest absolute Gasteiger partial charge is 0.126 e. The molecule has 0 unspecified atom stereocenters. The van der Waals surface area contributed by atoms with E-state index in [0.717, 1.165) is 12.2 Å². The van der Waals surface area contributed by atoms with Crippen molar-refractivity contribution in [2.24, 2.45) is 5.41 Å². The quantitative estimate of drug-likeness (QED) is 0.854. The summed E-state index contributed by atoms with van der Waals surface area (Å²) in [6.45, 7) is 6.80. The lowest BCUT2D eigenvalue weighted by atomic mass is 9.89. The maximum atomic E-state index is 4.55. The molecule has 0 aliphatic heterocycles. The fourth-order valence-electron chi connectivity index (χ4n) is 2.68. The number of hydrogen-bond acceptors (Lipinski definition) is 2. The zero-order valence-electron chi connectivity index (χ0n) is 12.0. The molecule has 2 rings (SSSR count). The summed E-state index contributed by atoms with van der Waals surface area (Å²) in [5, 5.41) is 3.56. The molecular formula is C16H26N2. The second-order valence-corrected chi connectivity index (χ2v) is 6.77. The summed E-state index contributed by atoms with van der Waals surface area (Å²) in [5.74, 6) is 1.04. The van der Waals surface area contributed by atoms with E-state index < -0.39 is 0 Å². The van der Waals surface area contributed by atoms with Gasteiger partial charge in [0.25, 0.3) is 0 Å². The minimum absolute atomic E-state index is 0.333. The van der Waals surface area contributed by atoms with Gasteiger partial charge in [0, 0.05) is 12.2 Å². The summed E-state index contributed by atoms with van der Waals surface area (Å²) >= 11 is 0. The van der Waals surface area contributed by atoms with Gasteiger partial charge < -0.3 is 5.32 Å². The van der Waals surface area contributed by atoms with Gasteiger partial charge in [0.2, 0.25) is 0 Å². The second kappa shape index (κ2) is 5.73. The molecule has 0 radical (unpaired) electrons. The zero-order valence-corrected chi connectivity index (χ0v) is 12.0. The van der Waals surface area contributed by atoms with Crippen LogP contribution in [0.15, 0.2) is 18.3 Å².